The average molecular weight is 631 g/mol. The van der Waals surface area contributed by atoms with Gasteiger partial charge in [-0.2, -0.15) is 5.09 Å². The van der Waals surface area contributed by atoms with Gasteiger partial charge in [-0.25, -0.2) is 18.7 Å². The number of alkyl halides is 1. The lowest BCUT2D eigenvalue weighted by molar-refractivity contribution is -0.149. The molecule has 0 bridgehead atoms. The number of rotatable bonds is 11. The van der Waals surface area contributed by atoms with Crippen LogP contribution in [0.5, 0.6) is 5.75 Å². The first-order valence-electron chi connectivity index (χ1n) is 12.7. The zero-order valence-electron chi connectivity index (χ0n) is 22.9. The smallest absolute Gasteiger partial charge is 0.459 e. The van der Waals surface area contributed by atoms with Crippen molar-refractivity contribution < 1.29 is 41.8 Å². The van der Waals surface area contributed by atoms with E-state index in [1.54, 1.807) is 26.0 Å². The van der Waals surface area contributed by atoms with Crippen molar-refractivity contribution in [3.63, 3.8) is 0 Å². The van der Waals surface area contributed by atoms with Crippen molar-refractivity contribution in [2.24, 2.45) is 0 Å². The molecule has 1 saturated heterocycles. The molecule has 0 spiro atoms. The van der Waals surface area contributed by atoms with Gasteiger partial charge < -0.3 is 23.5 Å². The Morgan fingerprint density at radius 1 is 1.29 bits per heavy atom. The maximum Gasteiger partial charge on any atom is 0.459 e. The minimum Gasteiger partial charge on any atom is -0.462 e. The first-order chi connectivity index (χ1) is 19.7. The number of halogens is 2. The number of aliphatic hydroxyl groups is 1. The number of nitrogens with one attached hydrogen (secondary N) is 2. The van der Waals surface area contributed by atoms with E-state index in [9.17, 15) is 24.1 Å². The Hall–Kier alpha value is -3.33. The third-order valence-electron chi connectivity index (χ3n) is 6.16. The molecule has 42 heavy (non-hydrogen) atoms. The summed E-state index contributed by atoms with van der Waals surface area (Å²) in [6, 6.07) is 5.80. The molecular formula is C25H29ClFN4O10P. The summed E-state index contributed by atoms with van der Waals surface area (Å²) in [6.07, 6.45) is -3.23. The van der Waals surface area contributed by atoms with E-state index in [4.69, 9.17) is 34.5 Å². The fourth-order valence-electron chi connectivity index (χ4n) is 4.08. The summed E-state index contributed by atoms with van der Waals surface area (Å²) in [4.78, 5) is 42.1. The van der Waals surface area contributed by atoms with Crippen LogP contribution in [0.25, 0.3) is 11.3 Å². The normalized spacial score (nSPS) is 24.3. The zero-order chi connectivity index (χ0) is 30.8. The van der Waals surface area contributed by atoms with Crippen molar-refractivity contribution >= 4 is 25.3 Å². The molecule has 0 saturated carbocycles. The number of carbonyl (C=O) groups is 1. The number of aromatic nitrogens is 3. The summed E-state index contributed by atoms with van der Waals surface area (Å²) >= 11 is 5.97. The topological polar surface area (TPSA) is 184 Å². The summed E-state index contributed by atoms with van der Waals surface area (Å²) in [7, 11) is -4.45. The molecule has 1 unspecified atom stereocenters. The number of aliphatic hydroxyl groups excluding tert-OH is 1. The molecule has 1 fully saturated rings. The van der Waals surface area contributed by atoms with Crippen molar-refractivity contribution in [2.45, 2.75) is 63.9 Å². The summed E-state index contributed by atoms with van der Waals surface area (Å²) in [5, 5.41) is 13.2. The van der Waals surface area contributed by atoms with Crippen LogP contribution in [0.1, 0.15) is 33.9 Å². The molecule has 1 aliphatic heterocycles. The van der Waals surface area contributed by atoms with Gasteiger partial charge in [0, 0.05) is 17.8 Å². The van der Waals surface area contributed by atoms with Crippen LogP contribution in [0.4, 0.5) is 4.39 Å². The summed E-state index contributed by atoms with van der Waals surface area (Å²) in [6.45, 7) is 4.95. The van der Waals surface area contributed by atoms with Gasteiger partial charge in [0.25, 0.3) is 5.56 Å². The molecule has 4 rings (SSSR count). The van der Waals surface area contributed by atoms with E-state index in [0.717, 1.165) is 23.8 Å². The Kier molecular flexibility index (Phi) is 9.40. The maximum atomic E-state index is 15.6. The molecule has 1 aliphatic rings. The molecule has 0 aliphatic carbocycles. The van der Waals surface area contributed by atoms with E-state index in [1.165, 1.54) is 25.5 Å². The summed E-state index contributed by atoms with van der Waals surface area (Å²) < 4.78 is 57.1. The number of H-pyrrole nitrogens is 1. The lowest BCUT2D eigenvalue weighted by Gasteiger charge is -2.25. The second-order valence-corrected chi connectivity index (χ2v) is 11.9. The van der Waals surface area contributed by atoms with Crippen LogP contribution in [0.15, 0.2) is 56.9 Å². The second kappa shape index (κ2) is 12.5. The molecule has 3 aromatic rings. The van der Waals surface area contributed by atoms with E-state index in [-0.39, 0.29) is 11.0 Å². The van der Waals surface area contributed by atoms with Gasteiger partial charge in [-0.05, 0) is 63.6 Å². The minimum atomic E-state index is -4.45. The molecule has 228 valence electrons. The highest BCUT2D eigenvalue weighted by atomic mass is 35.5. The molecule has 0 amide bonds. The maximum absolute atomic E-state index is 15.6. The van der Waals surface area contributed by atoms with E-state index in [2.05, 4.69) is 10.1 Å². The van der Waals surface area contributed by atoms with Gasteiger partial charge in [-0.15, -0.1) is 0 Å². The van der Waals surface area contributed by atoms with Gasteiger partial charge in [0.05, 0.1) is 12.7 Å². The molecule has 3 N–H and O–H groups in total. The molecule has 6 atom stereocenters. The van der Waals surface area contributed by atoms with Crippen LogP contribution in [0.3, 0.4) is 0 Å². The van der Waals surface area contributed by atoms with E-state index < -0.39 is 67.8 Å². The number of ether oxygens (including phenoxy) is 2. The van der Waals surface area contributed by atoms with Gasteiger partial charge in [0.1, 0.15) is 29.7 Å². The predicted octanol–water partition coefficient (Wildman–Crippen LogP) is 2.96. The standard InChI is InChI=1S/C25H29ClFN4O10P/c1-13(2)39-22(34)14(3)30-42(36,41-16-7-5-15(6-8-16)19-21(26)37-12-28-19)38-11-17-20(33)25(4,27)23(40-17)31-10-9-18(32)29-24(31)35/h5-10,12-14,17,20,23,33H,11H2,1-4H3,(H,30,36)(H,29,32,35)/t14-,17+,20+,23+,25+,42?/m0/s1. The fraction of sp³-hybridized carbons (Fsp3) is 0.440. The minimum absolute atomic E-state index is 0.0412. The van der Waals surface area contributed by atoms with Crippen LogP contribution in [0.2, 0.25) is 5.22 Å². The molecule has 0 radical (unpaired) electrons. The lowest BCUT2D eigenvalue weighted by atomic mass is 9.98. The number of aromatic amines is 1. The molecule has 1 aromatic carbocycles. The van der Waals surface area contributed by atoms with Crippen molar-refractivity contribution in [2.75, 3.05) is 6.61 Å². The van der Waals surface area contributed by atoms with Crippen molar-refractivity contribution in [3.8, 4) is 17.0 Å². The lowest BCUT2D eigenvalue weighted by Crippen LogP contribution is -2.43. The Bertz CT molecular complexity index is 1570. The average Bonchev–Trinajstić information content (AvgIpc) is 3.43. The number of carbonyl (C=O) groups excluding carboxylic acids is 1. The van der Waals surface area contributed by atoms with Crippen molar-refractivity contribution in [1.82, 2.24) is 19.6 Å². The number of hydrogen-bond acceptors (Lipinski definition) is 11. The Morgan fingerprint density at radius 2 is 1.98 bits per heavy atom. The first kappa shape index (κ1) is 31.6. The first-order valence-corrected chi connectivity index (χ1v) is 14.6. The highest BCUT2D eigenvalue weighted by Gasteiger charge is 2.56. The number of nitrogens with zero attached hydrogens (tertiary/aromatic N) is 2. The molecule has 2 aromatic heterocycles. The highest BCUT2D eigenvalue weighted by molar-refractivity contribution is 7.52. The molecule has 17 heteroatoms. The van der Waals surface area contributed by atoms with Gasteiger partial charge in [0.2, 0.25) is 5.22 Å². The Labute approximate surface area is 243 Å². The van der Waals surface area contributed by atoms with Crippen molar-refractivity contribution in [1.29, 1.82) is 0 Å². The SMILES string of the molecule is CC(C)OC(=O)[C@H](C)NP(=O)(OC[C@H]1O[C@@H](n2ccc(=O)[nH]c2=O)[C@](C)(F)[C@@H]1O)Oc1ccc(-c2ncoc2Cl)cc1. The van der Waals surface area contributed by atoms with E-state index >= 15 is 4.39 Å². The monoisotopic (exact) mass is 630 g/mol. The second-order valence-electron chi connectivity index (χ2n) is 9.86. The van der Waals surface area contributed by atoms with Crippen LogP contribution in [-0.4, -0.2) is 62.2 Å². The highest BCUT2D eigenvalue weighted by Crippen LogP contribution is 2.47. The van der Waals surface area contributed by atoms with E-state index in [0.29, 0.717) is 11.3 Å². The number of hydrogen-bond donors (Lipinski definition) is 3. The Balaban J connectivity index is 1.55. The van der Waals surface area contributed by atoms with Crippen LogP contribution in [0, 0.1) is 0 Å². The molecular weight excluding hydrogens is 602 g/mol. The predicted molar refractivity (Wildman–Crippen MR) is 146 cm³/mol. The number of oxazole rings is 1. The fourth-order valence-corrected chi connectivity index (χ4v) is 5.78. The molecule has 3 heterocycles. The Morgan fingerprint density at radius 3 is 2.57 bits per heavy atom. The third kappa shape index (κ3) is 7.00. The van der Waals surface area contributed by atoms with Gasteiger partial charge >= 0.3 is 19.4 Å². The molecule has 14 nitrogen and oxygen atoms in total. The number of benzene rings is 1. The van der Waals surface area contributed by atoms with Gasteiger partial charge in [-0.1, -0.05) is 0 Å². The van der Waals surface area contributed by atoms with Gasteiger partial charge in [-0.3, -0.25) is 23.7 Å². The third-order valence-corrected chi connectivity index (χ3v) is 8.08. The van der Waals surface area contributed by atoms with Crippen LogP contribution >= 0.6 is 19.3 Å². The quantitative estimate of drug-likeness (QED) is 0.208. The van der Waals surface area contributed by atoms with E-state index in [1.807, 2.05) is 4.98 Å². The zero-order valence-corrected chi connectivity index (χ0v) is 24.5. The largest absolute Gasteiger partial charge is 0.462 e. The van der Waals surface area contributed by atoms with Crippen LogP contribution < -0.4 is 20.9 Å². The van der Waals surface area contributed by atoms with Gasteiger partial charge in [0.15, 0.2) is 18.3 Å². The number of esters is 1. The summed E-state index contributed by atoms with van der Waals surface area (Å²) in [5.41, 5.74) is -3.27. The summed E-state index contributed by atoms with van der Waals surface area (Å²) in [5.74, 6) is -0.709. The van der Waals surface area contributed by atoms with Crippen LogP contribution in [-0.2, 0) is 23.4 Å². The van der Waals surface area contributed by atoms with Crippen molar-refractivity contribution in [3.05, 3.63) is 69.0 Å².